The van der Waals surface area contributed by atoms with Crippen LogP contribution < -0.4 is 0 Å². The molecule has 3 fully saturated rings. The van der Waals surface area contributed by atoms with Crippen molar-refractivity contribution in [3.05, 3.63) is 59.6 Å². The van der Waals surface area contributed by atoms with Gasteiger partial charge in [0.1, 0.15) is 17.8 Å². The Morgan fingerprint density at radius 1 is 1.05 bits per heavy atom. The normalized spacial score (nSPS) is 37.3. The van der Waals surface area contributed by atoms with Crippen molar-refractivity contribution < 1.29 is 19.1 Å². The summed E-state index contributed by atoms with van der Waals surface area (Å²) in [6, 6.07) is 10.7. The Bertz CT molecular complexity index is 1100. The van der Waals surface area contributed by atoms with Crippen molar-refractivity contribution >= 4 is 11.6 Å². The first kappa shape index (κ1) is 24.9. The number of rotatable bonds is 7. The van der Waals surface area contributed by atoms with E-state index in [4.69, 9.17) is 9.47 Å². The van der Waals surface area contributed by atoms with Gasteiger partial charge >= 0.3 is 0 Å². The summed E-state index contributed by atoms with van der Waals surface area (Å²) in [6.45, 7) is 4.60. The molecule has 1 aromatic carbocycles. The van der Waals surface area contributed by atoms with E-state index in [2.05, 4.69) is 37.3 Å². The summed E-state index contributed by atoms with van der Waals surface area (Å²) in [4.78, 5) is 25.3. The molecule has 3 saturated carbocycles. The lowest BCUT2D eigenvalue weighted by atomic mass is 9.45. The summed E-state index contributed by atoms with van der Waals surface area (Å²) in [6.07, 6.45) is 15.4. The zero-order chi connectivity index (χ0) is 25.6. The monoisotopic (exact) mass is 502 g/mol. The van der Waals surface area contributed by atoms with Crippen LogP contribution in [0.15, 0.2) is 54.0 Å². The maximum Gasteiger partial charge on any atom is 0.229 e. The van der Waals surface area contributed by atoms with Crippen LogP contribution >= 0.6 is 0 Å². The van der Waals surface area contributed by atoms with Gasteiger partial charge in [0.05, 0.1) is 0 Å². The summed E-state index contributed by atoms with van der Waals surface area (Å²) >= 11 is 0. The van der Waals surface area contributed by atoms with Gasteiger partial charge in [-0.3, -0.25) is 9.59 Å². The molecule has 37 heavy (non-hydrogen) atoms. The first-order valence-corrected chi connectivity index (χ1v) is 14.6. The Morgan fingerprint density at radius 3 is 2.65 bits per heavy atom. The second-order valence-corrected chi connectivity index (χ2v) is 12.9. The number of hydrogen-bond donors (Lipinski definition) is 0. The molecule has 1 heterocycles. The van der Waals surface area contributed by atoms with Gasteiger partial charge in [-0.2, -0.15) is 0 Å². The number of allylic oxidation sites excluding steroid dienone is 2. The molecule has 0 amide bonds. The maximum atomic E-state index is 13.1. The minimum atomic E-state index is 0.101. The van der Waals surface area contributed by atoms with E-state index >= 15 is 0 Å². The van der Waals surface area contributed by atoms with E-state index in [9.17, 15) is 9.59 Å². The fourth-order valence-corrected chi connectivity index (χ4v) is 9.62. The van der Waals surface area contributed by atoms with Crippen LogP contribution in [-0.2, 0) is 25.5 Å². The second-order valence-electron chi connectivity index (χ2n) is 12.9. The van der Waals surface area contributed by atoms with Gasteiger partial charge in [0.15, 0.2) is 5.78 Å². The lowest BCUT2D eigenvalue weighted by Crippen LogP contribution is -2.52. The number of hydrogen-bond acceptors (Lipinski definition) is 4. The van der Waals surface area contributed by atoms with Crippen LogP contribution in [0.25, 0.3) is 0 Å². The van der Waals surface area contributed by atoms with Gasteiger partial charge in [0, 0.05) is 18.3 Å². The standard InChI is InChI=1S/C33H42O4/c1-22(34)28-10-11-30-27-9-8-25-19-26(35)13-15-32(25,2)29(27)14-17-33(28,30)16-12-24(31-20-36-21-37-31)18-23-6-4-3-5-7-23/h3-7,19-20,24,27-30H,8-18,21H2,1-2H3/t24?,27-,28-,29+,30+,32+,33-/m1/s1. The van der Waals surface area contributed by atoms with Crippen molar-refractivity contribution in [1.82, 2.24) is 0 Å². The molecule has 5 aliphatic rings. The molecule has 0 saturated heterocycles. The van der Waals surface area contributed by atoms with Crippen molar-refractivity contribution in [2.75, 3.05) is 6.79 Å². The number of carbonyl (C=O) groups excluding carboxylic acids is 2. The van der Waals surface area contributed by atoms with Crippen LogP contribution in [0.4, 0.5) is 0 Å². The largest absolute Gasteiger partial charge is 0.462 e. The highest BCUT2D eigenvalue weighted by Crippen LogP contribution is 2.68. The molecule has 7 atom stereocenters. The first-order chi connectivity index (χ1) is 17.9. The Hall–Kier alpha value is -2.36. The molecular formula is C33H42O4. The number of carbonyl (C=O) groups is 2. The molecular weight excluding hydrogens is 460 g/mol. The highest BCUT2D eigenvalue weighted by Gasteiger charge is 2.61. The second kappa shape index (κ2) is 9.75. The third-order valence-corrected chi connectivity index (χ3v) is 11.3. The van der Waals surface area contributed by atoms with Crippen LogP contribution in [-0.4, -0.2) is 18.4 Å². The molecule has 198 valence electrons. The number of ether oxygens (including phenoxy) is 2. The van der Waals surface area contributed by atoms with E-state index in [0.29, 0.717) is 42.5 Å². The topological polar surface area (TPSA) is 52.6 Å². The molecule has 1 aromatic rings. The number of benzene rings is 1. The fraction of sp³-hybridized carbons (Fsp3) is 0.636. The SMILES string of the molecule is CC(=O)[C@H]1CC[C@H]2[C@@H]3CCC4=CC(=O)CC[C@]4(C)[C@H]3CC[C@]12CCC(Cc1ccccc1)C1=COCO1. The van der Waals surface area contributed by atoms with E-state index in [0.717, 1.165) is 50.7 Å². The summed E-state index contributed by atoms with van der Waals surface area (Å²) in [5.41, 5.74) is 3.02. The van der Waals surface area contributed by atoms with E-state index in [1.807, 2.05) is 19.3 Å². The predicted octanol–water partition coefficient (Wildman–Crippen LogP) is 7.19. The molecule has 1 aliphatic heterocycles. The maximum absolute atomic E-state index is 13.1. The van der Waals surface area contributed by atoms with E-state index < -0.39 is 0 Å². The lowest BCUT2D eigenvalue weighted by molar-refractivity contribution is -0.130. The summed E-state index contributed by atoms with van der Waals surface area (Å²) in [5.74, 6) is 4.08. The number of Topliss-reactive ketones (excluding diaryl/α,β-unsaturated/α-hetero) is 1. The summed E-state index contributed by atoms with van der Waals surface area (Å²) in [5, 5.41) is 0. The molecule has 6 rings (SSSR count). The quantitative estimate of drug-likeness (QED) is 0.396. The van der Waals surface area contributed by atoms with Crippen LogP contribution in [0, 0.1) is 40.4 Å². The summed E-state index contributed by atoms with van der Waals surface area (Å²) < 4.78 is 11.4. The van der Waals surface area contributed by atoms with E-state index in [-0.39, 0.29) is 22.7 Å². The Kier molecular flexibility index (Phi) is 6.57. The molecule has 4 heteroatoms. The molecule has 0 N–H and O–H groups in total. The van der Waals surface area contributed by atoms with Gasteiger partial charge in [-0.1, -0.05) is 42.8 Å². The number of fused-ring (bicyclic) bond motifs is 5. The van der Waals surface area contributed by atoms with Crippen molar-refractivity contribution in [2.45, 2.75) is 84.5 Å². The van der Waals surface area contributed by atoms with E-state index in [1.165, 1.54) is 30.4 Å². The minimum absolute atomic E-state index is 0.101. The van der Waals surface area contributed by atoms with Crippen LogP contribution in [0.3, 0.4) is 0 Å². The van der Waals surface area contributed by atoms with Crippen molar-refractivity contribution in [3.8, 4) is 0 Å². The van der Waals surface area contributed by atoms with Gasteiger partial charge < -0.3 is 9.47 Å². The highest BCUT2D eigenvalue weighted by atomic mass is 16.7. The molecule has 4 aliphatic carbocycles. The lowest BCUT2D eigenvalue weighted by Gasteiger charge is -2.59. The third-order valence-electron chi connectivity index (χ3n) is 11.3. The average Bonchev–Trinajstić information content (AvgIpc) is 3.56. The Balaban J connectivity index is 1.27. The van der Waals surface area contributed by atoms with Crippen LogP contribution in [0.1, 0.15) is 83.6 Å². The molecule has 0 bridgehead atoms. The first-order valence-electron chi connectivity index (χ1n) is 14.6. The predicted molar refractivity (Wildman–Crippen MR) is 143 cm³/mol. The Morgan fingerprint density at radius 2 is 1.89 bits per heavy atom. The molecule has 0 radical (unpaired) electrons. The third kappa shape index (κ3) is 4.29. The van der Waals surface area contributed by atoms with Gasteiger partial charge in [-0.05, 0) is 111 Å². The molecule has 0 spiro atoms. The molecule has 1 unspecified atom stereocenters. The zero-order valence-corrected chi connectivity index (χ0v) is 22.5. The Labute approximate surface area is 221 Å². The van der Waals surface area contributed by atoms with Gasteiger partial charge in [-0.25, -0.2) is 0 Å². The van der Waals surface area contributed by atoms with Crippen molar-refractivity contribution in [3.63, 3.8) is 0 Å². The number of ketones is 2. The average molecular weight is 503 g/mol. The smallest absolute Gasteiger partial charge is 0.229 e. The van der Waals surface area contributed by atoms with Crippen LogP contribution in [0.2, 0.25) is 0 Å². The molecule has 4 nitrogen and oxygen atoms in total. The zero-order valence-electron chi connectivity index (χ0n) is 22.5. The highest BCUT2D eigenvalue weighted by molar-refractivity contribution is 5.91. The summed E-state index contributed by atoms with van der Waals surface area (Å²) in [7, 11) is 0. The van der Waals surface area contributed by atoms with Gasteiger partial charge in [0.2, 0.25) is 6.79 Å². The minimum Gasteiger partial charge on any atom is -0.462 e. The van der Waals surface area contributed by atoms with Gasteiger partial charge in [-0.15, -0.1) is 0 Å². The van der Waals surface area contributed by atoms with Gasteiger partial charge in [0.25, 0.3) is 0 Å². The fourth-order valence-electron chi connectivity index (χ4n) is 9.62. The van der Waals surface area contributed by atoms with Crippen molar-refractivity contribution in [2.24, 2.45) is 40.4 Å². The molecule has 0 aromatic heterocycles. The van der Waals surface area contributed by atoms with E-state index in [1.54, 1.807) is 0 Å². The van der Waals surface area contributed by atoms with Crippen molar-refractivity contribution in [1.29, 1.82) is 0 Å². The van der Waals surface area contributed by atoms with Crippen LogP contribution in [0.5, 0.6) is 0 Å².